The van der Waals surface area contributed by atoms with E-state index in [1.807, 2.05) is 58.3 Å². The average Bonchev–Trinajstić information content (AvgIpc) is 3.15. The maximum Gasteiger partial charge on any atom is 0.226 e. The highest BCUT2D eigenvalue weighted by Crippen LogP contribution is 2.18. The van der Waals surface area contributed by atoms with Gasteiger partial charge in [0.05, 0.1) is 12.7 Å². The second kappa shape index (κ2) is 8.05. The van der Waals surface area contributed by atoms with E-state index in [1.165, 1.54) is 0 Å². The first-order valence-corrected chi connectivity index (χ1v) is 10.7. The molecule has 1 N–H and O–H groups in total. The Hall–Kier alpha value is -2.12. The van der Waals surface area contributed by atoms with Crippen LogP contribution in [0.1, 0.15) is 18.4 Å². The zero-order chi connectivity index (χ0) is 18.6. The van der Waals surface area contributed by atoms with Gasteiger partial charge < -0.3 is 9.47 Å². The molecule has 1 aliphatic rings. The highest BCUT2D eigenvalue weighted by molar-refractivity contribution is 7.88. The minimum absolute atomic E-state index is 0.0998. The van der Waals surface area contributed by atoms with E-state index in [4.69, 9.17) is 0 Å². The molecule has 1 saturated heterocycles. The third-order valence-electron chi connectivity index (χ3n) is 4.70. The monoisotopic (exact) mass is 375 g/mol. The molecular formula is C19H25N3O3S. The summed E-state index contributed by atoms with van der Waals surface area (Å²) in [6, 6.07) is 11.9. The number of rotatable bonds is 6. The molecule has 1 amide bonds. The molecule has 0 saturated carbocycles. The summed E-state index contributed by atoms with van der Waals surface area (Å²) in [5.74, 6) is 0.279. The molecule has 26 heavy (non-hydrogen) atoms. The van der Waals surface area contributed by atoms with Crippen LogP contribution in [0.5, 0.6) is 0 Å². The molecule has 1 aromatic carbocycles. The van der Waals surface area contributed by atoms with Crippen molar-refractivity contribution < 1.29 is 13.2 Å². The van der Waals surface area contributed by atoms with Crippen molar-refractivity contribution in [3.8, 4) is 5.69 Å². The summed E-state index contributed by atoms with van der Waals surface area (Å²) < 4.78 is 27.1. The normalized spacial score (nSPS) is 18.0. The lowest BCUT2D eigenvalue weighted by Crippen LogP contribution is -2.44. The number of carbonyl (C=O) groups excluding carboxylic acids is 1. The molecule has 1 atom stereocenters. The number of hydrogen-bond acceptors (Lipinski definition) is 3. The summed E-state index contributed by atoms with van der Waals surface area (Å²) in [5, 5.41) is 0. The van der Waals surface area contributed by atoms with E-state index >= 15 is 0 Å². The van der Waals surface area contributed by atoms with Gasteiger partial charge in [-0.05, 0) is 48.6 Å². The average molecular weight is 375 g/mol. The predicted octanol–water partition coefficient (Wildman–Crippen LogP) is 1.81. The second-order valence-electron chi connectivity index (χ2n) is 6.90. The molecule has 1 unspecified atom stereocenters. The lowest BCUT2D eigenvalue weighted by atomic mass is 9.97. The number of benzene rings is 1. The van der Waals surface area contributed by atoms with Gasteiger partial charge in [-0.15, -0.1) is 0 Å². The maximum atomic E-state index is 12.6. The summed E-state index contributed by atoms with van der Waals surface area (Å²) in [6.07, 6.45) is 7.36. The predicted molar refractivity (Wildman–Crippen MR) is 102 cm³/mol. The van der Waals surface area contributed by atoms with Crippen molar-refractivity contribution in [2.24, 2.45) is 5.92 Å². The molecule has 2 aromatic rings. The third-order valence-corrected chi connectivity index (χ3v) is 5.39. The van der Waals surface area contributed by atoms with Crippen LogP contribution in [-0.4, -0.2) is 49.7 Å². The SMILES string of the molecule is CS(=O)(=O)NCC1CCCN(C(=O)Cc2ccc(-n3cccc3)cc2)C1. The Morgan fingerprint density at radius 3 is 2.54 bits per heavy atom. The fourth-order valence-corrected chi connectivity index (χ4v) is 3.84. The first-order valence-electron chi connectivity index (χ1n) is 8.85. The maximum absolute atomic E-state index is 12.6. The molecule has 140 valence electrons. The van der Waals surface area contributed by atoms with Gasteiger partial charge in [0.15, 0.2) is 0 Å². The summed E-state index contributed by atoms with van der Waals surface area (Å²) >= 11 is 0. The quantitative estimate of drug-likeness (QED) is 0.837. The molecule has 0 bridgehead atoms. The standard InChI is InChI=1S/C19H25N3O3S/c1-26(24,25)20-14-17-5-4-12-22(15-17)19(23)13-16-6-8-18(9-7-16)21-10-2-3-11-21/h2-3,6-11,17,20H,4-5,12-15H2,1H3. The fourth-order valence-electron chi connectivity index (χ4n) is 3.31. The lowest BCUT2D eigenvalue weighted by Gasteiger charge is -2.33. The molecule has 1 aliphatic heterocycles. The van der Waals surface area contributed by atoms with Crippen LogP contribution in [0.2, 0.25) is 0 Å². The Balaban J connectivity index is 1.55. The highest BCUT2D eigenvalue weighted by Gasteiger charge is 2.24. The van der Waals surface area contributed by atoms with Crippen LogP contribution in [0.25, 0.3) is 5.69 Å². The molecule has 7 heteroatoms. The van der Waals surface area contributed by atoms with Crippen LogP contribution in [0, 0.1) is 5.92 Å². The number of nitrogens with zero attached hydrogens (tertiary/aromatic N) is 2. The highest BCUT2D eigenvalue weighted by atomic mass is 32.2. The zero-order valence-corrected chi connectivity index (χ0v) is 15.8. The molecule has 0 spiro atoms. The van der Waals surface area contributed by atoms with E-state index in [0.29, 0.717) is 19.5 Å². The van der Waals surface area contributed by atoms with Crippen molar-refractivity contribution >= 4 is 15.9 Å². The third kappa shape index (κ3) is 5.19. The first-order chi connectivity index (χ1) is 12.4. The molecule has 3 rings (SSSR count). The van der Waals surface area contributed by atoms with Crippen LogP contribution < -0.4 is 4.72 Å². The van der Waals surface area contributed by atoms with Gasteiger partial charge in [0, 0.05) is 37.7 Å². The van der Waals surface area contributed by atoms with Crippen LogP contribution in [0.15, 0.2) is 48.8 Å². The Kier molecular flexibility index (Phi) is 5.78. The molecule has 2 heterocycles. The Labute approximate surface area is 154 Å². The Bertz CT molecular complexity index is 829. The van der Waals surface area contributed by atoms with Crippen LogP contribution in [-0.2, 0) is 21.2 Å². The first kappa shape index (κ1) is 18.7. The molecule has 1 aromatic heterocycles. The van der Waals surface area contributed by atoms with Gasteiger partial charge >= 0.3 is 0 Å². The van der Waals surface area contributed by atoms with Gasteiger partial charge in [-0.3, -0.25) is 4.79 Å². The lowest BCUT2D eigenvalue weighted by molar-refractivity contribution is -0.132. The van der Waals surface area contributed by atoms with Crippen molar-refractivity contribution in [1.82, 2.24) is 14.2 Å². The molecule has 6 nitrogen and oxygen atoms in total. The minimum Gasteiger partial charge on any atom is -0.342 e. The van der Waals surface area contributed by atoms with E-state index < -0.39 is 10.0 Å². The van der Waals surface area contributed by atoms with Crippen molar-refractivity contribution in [3.63, 3.8) is 0 Å². The van der Waals surface area contributed by atoms with Gasteiger partial charge in [-0.2, -0.15) is 0 Å². The second-order valence-corrected chi connectivity index (χ2v) is 8.74. The van der Waals surface area contributed by atoms with Crippen molar-refractivity contribution in [2.75, 3.05) is 25.9 Å². The number of sulfonamides is 1. The summed E-state index contributed by atoms with van der Waals surface area (Å²) in [7, 11) is -3.19. The number of likely N-dealkylation sites (tertiary alicyclic amines) is 1. The van der Waals surface area contributed by atoms with Gasteiger partial charge in [-0.1, -0.05) is 12.1 Å². The van der Waals surface area contributed by atoms with Crippen molar-refractivity contribution in [2.45, 2.75) is 19.3 Å². The van der Waals surface area contributed by atoms with E-state index in [1.54, 1.807) is 0 Å². The molecule has 0 radical (unpaired) electrons. The number of aromatic nitrogens is 1. The zero-order valence-electron chi connectivity index (χ0n) is 15.0. The van der Waals surface area contributed by atoms with E-state index in [0.717, 1.165) is 36.9 Å². The molecule has 0 aliphatic carbocycles. The van der Waals surface area contributed by atoms with Crippen molar-refractivity contribution in [3.05, 3.63) is 54.4 Å². The van der Waals surface area contributed by atoms with Crippen LogP contribution in [0.4, 0.5) is 0 Å². The Morgan fingerprint density at radius 1 is 1.19 bits per heavy atom. The minimum atomic E-state index is -3.19. The summed E-state index contributed by atoms with van der Waals surface area (Å²) in [4.78, 5) is 14.5. The number of carbonyl (C=O) groups is 1. The van der Waals surface area contributed by atoms with Gasteiger partial charge in [-0.25, -0.2) is 13.1 Å². The van der Waals surface area contributed by atoms with E-state index in [9.17, 15) is 13.2 Å². The Morgan fingerprint density at radius 2 is 1.88 bits per heavy atom. The number of nitrogens with one attached hydrogen (secondary N) is 1. The topological polar surface area (TPSA) is 71.4 Å². The van der Waals surface area contributed by atoms with Gasteiger partial charge in [0.2, 0.25) is 15.9 Å². The van der Waals surface area contributed by atoms with Gasteiger partial charge in [0.1, 0.15) is 0 Å². The number of hydrogen-bond donors (Lipinski definition) is 1. The van der Waals surface area contributed by atoms with Gasteiger partial charge in [0.25, 0.3) is 0 Å². The largest absolute Gasteiger partial charge is 0.342 e. The smallest absolute Gasteiger partial charge is 0.226 e. The van der Waals surface area contributed by atoms with Crippen LogP contribution >= 0.6 is 0 Å². The van der Waals surface area contributed by atoms with Crippen LogP contribution in [0.3, 0.4) is 0 Å². The molecule has 1 fully saturated rings. The fraction of sp³-hybridized carbons (Fsp3) is 0.421. The number of amides is 1. The van der Waals surface area contributed by atoms with Crippen molar-refractivity contribution in [1.29, 1.82) is 0 Å². The summed E-state index contributed by atoms with van der Waals surface area (Å²) in [5.41, 5.74) is 2.05. The molecular weight excluding hydrogens is 350 g/mol. The van der Waals surface area contributed by atoms with E-state index in [2.05, 4.69) is 4.72 Å². The van der Waals surface area contributed by atoms with E-state index in [-0.39, 0.29) is 11.8 Å². The summed E-state index contributed by atoms with van der Waals surface area (Å²) in [6.45, 7) is 1.76. The number of piperidine rings is 1.